The van der Waals surface area contributed by atoms with Gasteiger partial charge in [-0.2, -0.15) is 4.31 Å². The highest BCUT2D eigenvalue weighted by Crippen LogP contribution is 2.22. The third-order valence-corrected chi connectivity index (χ3v) is 5.64. The van der Waals surface area contributed by atoms with Crippen molar-refractivity contribution in [2.45, 2.75) is 11.4 Å². The summed E-state index contributed by atoms with van der Waals surface area (Å²) in [5.74, 6) is 0.670. The van der Waals surface area contributed by atoms with Crippen LogP contribution in [0.25, 0.3) is 11.0 Å². The molecule has 0 atom stereocenters. The van der Waals surface area contributed by atoms with Crippen LogP contribution in [0.5, 0.6) is 5.75 Å². The van der Waals surface area contributed by atoms with E-state index in [1.54, 1.807) is 25.3 Å². The number of nitrogens with zero attached hydrogens (tertiary/aromatic N) is 1. The summed E-state index contributed by atoms with van der Waals surface area (Å²) in [6.07, 6.45) is 0. The van der Waals surface area contributed by atoms with Gasteiger partial charge in [0.05, 0.1) is 12.0 Å². The highest BCUT2D eigenvalue weighted by molar-refractivity contribution is 7.89. The van der Waals surface area contributed by atoms with Crippen LogP contribution in [0.3, 0.4) is 0 Å². The Bertz CT molecular complexity index is 1070. The Labute approximate surface area is 145 Å². The predicted molar refractivity (Wildman–Crippen MR) is 94.1 cm³/mol. The first-order valence-corrected chi connectivity index (χ1v) is 8.97. The molecule has 25 heavy (non-hydrogen) atoms. The first kappa shape index (κ1) is 17.2. The maximum atomic E-state index is 12.8. The molecule has 0 saturated carbocycles. The quantitative estimate of drug-likeness (QED) is 0.655. The first-order valence-electron chi connectivity index (χ1n) is 7.53. The van der Waals surface area contributed by atoms with Crippen LogP contribution in [0.15, 0.2) is 68.7 Å². The number of ether oxygens (including phenoxy) is 1. The van der Waals surface area contributed by atoms with Crippen LogP contribution in [0.2, 0.25) is 0 Å². The van der Waals surface area contributed by atoms with E-state index in [0.29, 0.717) is 16.7 Å². The van der Waals surface area contributed by atoms with E-state index in [1.807, 2.05) is 12.1 Å². The Morgan fingerprint density at radius 2 is 1.88 bits per heavy atom. The summed E-state index contributed by atoms with van der Waals surface area (Å²) in [7, 11) is -0.605. The third kappa shape index (κ3) is 3.57. The van der Waals surface area contributed by atoms with E-state index in [-0.39, 0.29) is 11.4 Å². The van der Waals surface area contributed by atoms with Crippen molar-refractivity contribution in [2.75, 3.05) is 14.2 Å². The minimum absolute atomic E-state index is 0.138. The van der Waals surface area contributed by atoms with Gasteiger partial charge in [-0.15, -0.1) is 0 Å². The molecule has 0 radical (unpaired) electrons. The second-order valence-electron chi connectivity index (χ2n) is 5.57. The van der Waals surface area contributed by atoms with Crippen molar-refractivity contribution in [3.05, 3.63) is 70.6 Å². The predicted octanol–water partition coefficient (Wildman–Crippen LogP) is 2.62. The van der Waals surface area contributed by atoms with Crippen LogP contribution < -0.4 is 10.4 Å². The van der Waals surface area contributed by atoms with Crippen molar-refractivity contribution < 1.29 is 17.6 Å². The Morgan fingerprint density at radius 3 is 2.64 bits per heavy atom. The number of hydrogen-bond acceptors (Lipinski definition) is 5. The molecule has 0 saturated heterocycles. The molecule has 0 fully saturated rings. The molecule has 0 unspecified atom stereocenters. The number of rotatable bonds is 5. The zero-order valence-corrected chi connectivity index (χ0v) is 14.6. The summed E-state index contributed by atoms with van der Waals surface area (Å²) in [6, 6.07) is 14.5. The molecular weight excluding hydrogens is 342 g/mol. The van der Waals surface area contributed by atoms with E-state index < -0.39 is 15.6 Å². The molecule has 1 aromatic heterocycles. The van der Waals surface area contributed by atoms with E-state index in [2.05, 4.69) is 0 Å². The van der Waals surface area contributed by atoms with E-state index in [9.17, 15) is 13.2 Å². The number of fused-ring (bicyclic) bond motifs is 1. The number of hydrogen-bond donors (Lipinski definition) is 0. The van der Waals surface area contributed by atoms with Gasteiger partial charge in [0.2, 0.25) is 10.0 Å². The van der Waals surface area contributed by atoms with Gasteiger partial charge in [0.25, 0.3) is 0 Å². The largest absolute Gasteiger partial charge is 0.497 e. The lowest BCUT2D eigenvalue weighted by Gasteiger charge is -2.18. The molecule has 2 aromatic carbocycles. The Balaban J connectivity index is 1.91. The summed E-state index contributed by atoms with van der Waals surface area (Å²) < 4.78 is 37.1. The average molecular weight is 359 g/mol. The zero-order chi connectivity index (χ0) is 18.0. The van der Waals surface area contributed by atoms with Crippen molar-refractivity contribution in [3.63, 3.8) is 0 Å². The van der Waals surface area contributed by atoms with E-state index in [1.165, 1.54) is 35.6 Å². The molecule has 0 aliphatic carbocycles. The van der Waals surface area contributed by atoms with Crippen molar-refractivity contribution in [2.24, 2.45) is 0 Å². The maximum absolute atomic E-state index is 12.8. The molecule has 3 rings (SSSR count). The van der Waals surface area contributed by atoms with Gasteiger partial charge in [0.15, 0.2) is 0 Å². The molecule has 6 nitrogen and oxygen atoms in total. The summed E-state index contributed by atoms with van der Waals surface area (Å²) in [5, 5.41) is 0.551. The van der Waals surface area contributed by atoms with Crippen LogP contribution >= 0.6 is 0 Å². The highest BCUT2D eigenvalue weighted by Gasteiger charge is 2.21. The Morgan fingerprint density at radius 1 is 1.08 bits per heavy atom. The van der Waals surface area contributed by atoms with Crippen molar-refractivity contribution in [3.8, 4) is 5.75 Å². The van der Waals surface area contributed by atoms with E-state index >= 15 is 0 Å². The second-order valence-corrected chi connectivity index (χ2v) is 7.61. The van der Waals surface area contributed by atoms with Gasteiger partial charge in [0.1, 0.15) is 11.3 Å². The minimum atomic E-state index is -3.69. The highest BCUT2D eigenvalue weighted by atomic mass is 32.2. The minimum Gasteiger partial charge on any atom is -0.497 e. The molecule has 1 heterocycles. The van der Waals surface area contributed by atoms with Crippen molar-refractivity contribution in [1.82, 2.24) is 4.31 Å². The fourth-order valence-electron chi connectivity index (χ4n) is 2.50. The lowest BCUT2D eigenvalue weighted by Crippen LogP contribution is -2.26. The lowest BCUT2D eigenvalue weighted by molar-refractivity contribution is 0.412. The van der Waals surface area contributed by atoms with Crippen molar-refractivity contribution in [1.29, 1.82) is 0 Å². The number of methoxy groups -OCH3 is 1. The van der Waals surface area contributed by atoms with Gasteiger partial charge in [-0.05, 0) is 42.0 Å². The smallest absolute Gasteiger partial charge is 0.336 e. The van der Waals surface area contributed by atoms with Crippen LogP contribution in [-0.4, -0.2) is 26.9 Å². The molecule has 0 amide bonds. The monoisotopic (exact) mass is 359 g/mol. The molecule has 0 aliphatic rings. The molecule has 3 aromatic rings. The molecule has 7 heteroatoms. The molecule has 0 N–H and O–H groups in total. The van der Waals surface area contributed by atoms with Gasteiger partial charge >= 0.3 is 5.63 Å². The van der Waals surface area contributed by atoms with Crippen LogP contribution in [0, 0.1) is 0 Å². The van der Waals surface area contributed by atoms with Gasteiger partial charge < -0.3 is 9.15 Å². The third-order valence-electron chi connectivity index (χ3n) is 3.84. The second kappa shape index (κ2) is 6.70. The lowest BCUT2D eigenvalue weighted by atomic mass is 10.2. The van der Waals surface area contributed by atoms with Crippen LogP contribution in [0.1, 0.15) is 5.56 Å². The molecule has 0 aliphatic heterocycles. The Kier molecular flexibility index (Phi) is 4.61. The van der Waals surface area contributed by atoms with E-state index in [4.69, 9.17) is 9.15 Å². The fraction of sp³-hybridized carbons (Fsp3) is 0.167. The number of sulfonamides is 1. The fourth-order valence-corrected chi connectivity index (χ4v) is 3.70. The average Bonchev–Trinajstić information content (AvgIpc) is 2.61. The number of benzene rings is 2. The van der Waals surface area contributed by atoms with Crippen LogP contribution in [-0.2, 0) is 16.6 Å². The normalized spacial score (nSPS) is 11.8. The van der Waals surface area contributed by atoms with Gasteiger partial charge in [-0.25, -0.2) is 13.2 Å². The molecular formula is C18H17NO5S. The molecule has 0 spiro atoms. The first-order chi connectivity index (χ1) is 11.9. The van der Waals surface area contributed by atoms with Gasteiger partial charge in [-0.3, -0.25) is 0 Å². The molecule has 130 valence electrons. The zero-order valence-electron chi connectivity index (χ0n) is 13.8. The van der Waals surface area contributed by atoms with Gasteiger partial charge in [0, 0.05) is 25.0 Å². The maximum Gasteiger partial charge on any atom is 0.336 e. The summed E-state index contributed by atoms with van der Waals surface area (Å²) in [5.41, 5.74) is 0.692. The summed E-state index contributed by atoms with van der Waals surface area (Å²) in [6.45, 7) is 0.210. The van der Waals surface area contributed by atoms with Crippen molar-refractivity contribution >= 4 is 21.0 Å². The topological polar surface area (TPSA) is 76.8 Å². The summed E-state index contributed by atoms with van der Waals surface area (Å²) in [4.78, 5) is 11.4. The summed E-state index contributed by atoms with van der Waals surface area (Å²) >= 11 is 0. The standard InChI is InChI=1S/C18H17NO5S/c1-19(12-13-4-3-5-15(10-13)23-2)25(21,22)16-7-8-17-14(11-16)6-9-18(20)24-17/h3-11H,12H2,1-2H3. The Hall–Kier alpha value is -2.64. The van der Waals surface area contributed by atoms with Gasteiger partial charge in [-0.1, -0.05) is 12.1 Å². The SMILES string of the molecule is COc1cccc(CN(C)S(=O)(=O)c2ccc3oc(=O)ccc3c2)c1. The van der Waals surface area contributed by atoms with Crippen LogP contribution in [0.4, 0.5) is 0 Å². The van der Waals surface area contributed by atoms with E-state index in [0.717, 1.165) is 5.56 Å². The molecule has 0 bridgehead atoms.